The van der Waals surface area contributed by atoms with Crippen LogP contribution in [-0.4, -0.2) is 49.9 Å². The summed E-state index contributed by atoms with van der Waals surface area (Å²) in [6.45, 7) is 6.86. The summed E-state index contributed by atoms with van der Waals surface area (Å²) in [5.41, 5.74) is 0. The molecule has 0 aliphatic heterocycles. The molecular formula is C12H25N3O2. The molecule has 0 bridgehead atoms. The van der Waals surface area contributed by atoms with Gasteiger partial charge in [0, 0.05) is 20.6 Å². The fourth-order valence-corrected chi connectivity index (χ4v) is 1.13. The Balaban J connectivity index is 3.78. The summed E-state index contributed by atoms with van der Waals surface area (Å²) in [6, 6.07) is -0.342. The molecule has 1 unspecified atom stereocenters. The van der Waals surface area contributed by atoms with Crippen molar-refractivity contribution in [2.24, 2.45) is 5.92 Å². The number of hydrogen-bond donors (Lipinski definition) is 2. The van der Waals surface area contributed by atoms with Crippen molar-refractivity contribution in [3.8, 4) is 0 Å². The zero-order valence-electron chi connectivity index (χ0n) is 11.5. The van der Waals surface area contributed by atoms with E-state index in [1.165, 1.54) is 4.90 Å². The van der Waals surface area contributed by atoms with Crippen LogP contribution < -0.4 is 10.6 Å². The number of rotatable bonds is 7. The molecule has 0 radical (unpaired) electrons. The van der Waals surface area contributed by atoms with Gasteiger partial charge in [0.05, 0.1) is 12.6 Å². The van der Waals surface area contributed by atoms with Crippen LogP contribution in [0.1, 0.15) is 27.2 Å². The first-order valence-corrected chi connectivity index (χ1v) is 6.05. The Morgan fingerprint density at radius 3 is 2.24 bits per heavy atom. The molecule has 100 valence electrons. The van der Waals surface area contributed by atoms with Gasteiger partial charge in [-0.25, -0.2) is 0 Å². The predicted octanol–water partition coefficient (Wildman–Crippen LogP) is 0.215. The van der Waals surface area contributed by atoms with E-state index in [4.69, 9.17) is 0 Å². The van der Waals surface area contributed by atoms with Gasteiger partial charge in [-0.15, -0.1) is 0 Å². The van der Waals surface area contributed by atoms with Crippen LogP contribution in [0.5, 0.6) is 0 Å². The minimum atomic E-state index is -0.342. The van der Waals surface area contributed by atoms with Gasteiger partial charge in [-0.3, -0.25) is 14.9 Å². The Labute approximate surface area is 104 Å². The highest BCUT2D eigenvalue weighted by atomic mass is 16.2. The molecule has 1 atom stereocenters. The maximum Gasteiger partial charge on any atom is 0.236 e. The molecule has 0 rings (SSSR count). The van der Waals surface area contributed by atoms with Crippen LogP contribution in [0.4, 0.5) is 0 Å². The highest BCUT2D eigenvalue weighted by molar-refractivity contribution is 5.83. The molecule has 0 aliphatic rings. The largest absolute Gasteiger partial charge is 0.355 e. The summed E-state index contributed by atoms with van der Waals surface area (Å²) >= 11 is 0. The van der Waals surface area contributed by atoms with Crippen molar-refractivity contribution in [3.05, 3.63) is 0 Å². The first-order valence-electron chi connectivity index (χ1n) is 6.05. The first kappa shape index (κ1) is 15.9. The average Bonchev–Trinajstić information content (AvgIpc) is 2.24. The number of likely N-dealkylation sites (N-methyl/N-ethyl adjacent to an activating group) is 1. The van der Waals surface area contributed by atoms with E-state index >= 15 is 0 Å². The lowest BCUT2D eigenvalue weighted by Gasteiger charge is -2.16. The summed E-state index contributed by atoms with van der Waals surface area (Å²) in [6.07, 6.45) is 0.967. The van der Waals surface area contributed by atoms with Gasteiger partial charge in [0.2, 0.25) is 11.8 Å². The van der Waals surface area contributed by atoms with Crippen molar-refractivity contribution in [2.45, 2.75) is 33.2 Å². The molecule has 0 aromatic carbocycles. The molecule has 2 N–H and O–H groups in total. The summed E-state index contributed by atoms with van der Waals surface area (Å²) in [5, 5.41) is 5.74. The second-order valence-electron chi connectivity index (χ2n) is 4.86. The number of hydrogen-bond acceptors (Lipinski definition) is 3. The fraction of sp³-hybridized carbons (Fsp3) is 0.833. The molecule has 0 saturated heterocycles. The molecule has 0 heterocycles. The molecule has 0 aliphatic carbocycles. The van der Waals surface area contributed by atoms with Crippen LogP contribution in [0.15, 0.2) is 0 Å². The highest BCUT2D eigenvalue weighted by Crippen LogP contribution is 1.96. The summed E-state index contributed by atoms with van der Waals surface area (Å²) in [5.74, 6) is 0.484. The fourth-order valence-electron chi connectivity index (χ4n) is 1.13. The van der Waals surface area contributed by atoms with E-state index in [9.17, 15) is 9.59 Å². The van der Waals surface area contributed by atoms with Crippen LogP contribution in [0.25, 0.3) is 0 Å². The normalized spacial score (nSPS) is 12.4. The number of amides is 2. The van der Waals surface area contributed by atoms with E-state index in [2.05, 4.69) is 24.5 Å². The maximum atomic E-state index is 11.6. The van der Waals surface area contributed by atoms with E-state index in [1.54, 1.807) is 21.0 Å². The predicted molar refractivity (Wildman–Crippen MR) is 68.6 cm³/mol. The number of carbonyl (C=O) groups is 2. The third kappa shape index (κ3) is 7.74. The number of carbonyl (C=O) groups excluding carboxylic acids is 2. The lowest BCUT2D eigenvalue weighted by Crippen LogP contribution is -2.46. The summed E-state index contributed by atoms with van der Waals surface area (Å²) in [7, 11) is 3.38. The van der Waals surface area contributed by atoms with Gasteiger partial charge < -0.3 is 10.2 Å². The minimum absolute atomic E-state index is 0.0353. The third-order valence-corrected chi connectivity index (χ3v) is 2.47. The maximum absolute atomic E-state index is 11.6. The van der Waals surface area contributed by atoms with E-state index in [0.717, 1.165) is 6.42 Å². The van der Waals surface area contributed by atoms with E-state index in [0.29, 0.717) is 12.5 Å². The van der Waals surface area contributed by atoms with E-state index < -0.39 is 0 Å². The van der Waals surface area contributed by atoms with Crippen molar-refractivity contribution >= 4 is 11.8 Å². The second kappa shape index (κ2) is 8.06. The van der Waals surface area contributed by atoms with Crippen LogP contribution in [-0.2, 0) is 9.59 Å². The van der Waals surface area contributed by atoms with Gasteiger partial charge in [0.1, 0.15) is 0 Å². The molecule has 5 heteroatoms. The van der Waals surface area contributed by atoms with Gasteiger partial charge in [-0.05, 0) is 19.3 Å². The van der Waals surface area contributed by atoms with Crippen molar-refractivity contribution in [1.29, 1.82) is 0 Å². The van der Waals surface area contributed by atoms with Gasteiger partial charge >= 0.3 is 0 Å². The number of nitrogens with zero attached hydrogens (tertiary/aromatic N) is 1. The Kier molecular flexibility index (Phi) is 7.54. The second-order valence-corrected chi connectivity index (χ2v) is 4.86. The third-order valence-electron chi connectivity index (χ3n) is 2.47. The molecule has 0 spiro atoms. The van der Waals surface area contributed by atoms with Gasteiger partial charge in [0.15, 0.2) is 0 Å². The zero-order valence-corrected chi connectivity index (χ0v) is 11.5. The molecular weight excluding hydrogens is 218 g/mol. The van der Waals surface area contributed by atoms with E-state index in [-0.39, 0.29) is 24.4 Å². The molecule has 17 heavy (non-hydrogen) atoms. The topological polar surface area (TPSA) is 61.4 Å². The Hall–Kier alpha value is -1.10. The van der Waals surface area contributed by atoms with Crippen LogP contribution in [0.2, 0.25) is 0 Å². The molecule has 2 amide bonds. The quantitative estimate of drug-likeness (QED) is 0.672. The molecule has 5 nitrogen and oxygen atoms in total. The van der Waals surface area contributed by atoms with Gasteiger partial charge in [0.25, 0.3) is 0 Å². The standard InChI is InChI=1S/C12H25N3O2/c1-9(2)6-7-13-12(17)10(3)14-8-11(16)15(4)5/h9-10,14H,6-8H2,1-5H3,(H,13,17). The molecule has 0 fully saturated rings. The minimum Gasteiger partial charge on any atom is -0.355 e. The summed E-state index contributed by atoms with van der Waals surface area (Å²) in [4.78, 5) is 24.4. The van der Waals surface area contributed by atoms with Crippen LogP contribution >= 0.6 is 0 Å². The Morgan fingerprint density at radius 1 is 1.18 bits per heavy atom. The van der Waals surface area contributed by atoms with Crippen molar-refractivity contribution < 1.29 is 9.59 Å². The van der Waals surface area contributed by atoms with E-state index in [1.807, 2.05) is 0 Å². The molecule has 0 aromatic rings. The summed E-state index contributed by atoms with van der Waals surface area (Å²) < 4.78 is 0. The van der Waals surface area contributed by atoms with Crippen LogP contribution in [0, 0.1) is 5.92 Å². The van der Waals surface area contributed by atoms with Crippen molar-refractivity contribution in [2.75, 3.05) is 27.2 Å². The monoisotopic (exact) mass is 243 g/mol. The molecule has 0 aromatic heterocycles. The van der Waals surface area contributed by atoms with Crippen LogP contribution in [0.3, 0.4) is 0 Å². The van der Waals surface area contributed by atoms with Gasteiger partial charge in [-0.2, -0.15) is 0 Å². The number of nitrogens with one attached hydrogen (secondary N) is 2. The Bertz CT molecular complexity index is 252. The van der Waals surface area contributed by atoms with Gasteiger partial charge in [-0.1, -0.05) is 13.8 Å². The van der Waals surface area contributed by atoms with Crippen molar-refractivity contribution in [1.82, 2.24) is 15.5 Å². The average molecular weight is 243 g/mol. The Morgan fingerprint density at radius 2 is 1.76 bits per heavy atom. The SMILES string of the molecule is CC(C)CCNC(=O)C(C)NCC(=O)N(C)C. The lowest BCUT2D eigenvalue weighted by atomic mass is 10.1. The zero-order chi connectivity index (χ0) is 13.4. The smallest absolute Gasteiger partial charge is 0.236 e. The first-order chi connectivity index (χ1) is 7.84. The highest BCUT2D eigenvalue weighted by Gasteiger charge is 2.13. The lowest BCUT2D eigenvalue weighted by molar-refractivity contribution is -0.128. The van der Waals surface area contributed by atoms with Crippen molar-refractivity contribution in [3.63, 3.8) is 0 Å². The molecule has 0 saturated carbocycles.